The van der Waals surface area contributed by atoms with Crippen LogP contribution in [0.3, 0.4) is 0 Å². The van der Waals surface area contributed by atoms with Crippen LogP contribution in [0, 0.1) is 0 Å². The zero-order valence-electron chi connectivity index (χ0n) is 18.1. The number of aryl methyl sites for hydroxylation is 2. The van der Waals surface area contributed by atoms with Crippen molar-refractivity contribution in [3.05, 3.63) is 65.0 Å². The van der Waals surface area contributed by atoms with Crippen molar-refractivity contribution in [1.82, 2.24) is 9.97 Å². The van der Waals surface area contributed by atoms with Crippen molar-refractivity contribution in [1.29, 1.82) is 0 Å². The molecular weight excluding hydrogens is 400 g/mol. The molecule has 6 nitrogen and oxygen atoms in total. The van der Waals surface area contributed by atoms with Gasteiger partial charge in [-0.05, 0) is 61.1 Å². The first-order valence-corrected chi connectivity index (χ1v) is 11.4. The van der Waals surface area contributed by atoms with E-state index in [1.165, 1.54) is 24.8 Å². The molecule has 3 aromatic rings. The molecule has 0 radical (unpaired) electrons. The highest BCUT2D eigenvalue weighted by Crippen LogP contribution is 2.39. The second-order valence-electron chi connectivity index (χ2n) is 8.90. The number of aromatic hydroxyl groups is 1. The molecule has 0 saturated heterocycles. The van der Waals surface area contributed by atoms with E-state index in [4.69, 9.17) is 15.7 Å². The first-order valence-electron chi connectivity index (χ1n) is 11.4. The van der Waals surface area contributed by atoms with Gasteiger partial charge >= 0.3 is 0 Å². The lowest BCUT2D eigenvalue weighted by Crippen LogP contribution is -2.21. The highest BCUT2D eigenvalue weighted by Gasteiger charge is 2.27. The van der Waals surface area contributed by atoms with Gasteiger partial charge in [-0.2, -0.15) is 0 Å². The topological polar surface area (TPSA) is 101 Å². The van der Waals surface area contributed by atoms with Crippen LogP contribution >= 0.6 is 0 Å². The number of nitrogen functional groups attached to an aromatic ring is 1. The number of aromatic nitrogens is 2. The van der Waals surface area contributed by atoms with Gasteiger partial charge in [-0.1, -0.05) is 37.5 Å². The number of rotatable bonds is 4. The minimum Gasteiger partial charge on any atom is -0.508 e. The Hall–Kier alpha value is -3.41. The molecule has 2 aliphatic rings. The lowest BCUT2D eigenvalue weighted by molar-refractivity contribution is -0.115. The lowest BCUT2D eigenvalue weighted by Gasteiger charge is -2.26. The van der Waals surface area contributed by atoms with E-state index in [1.807, 2.05) is 18.2 Å². The monoisotopic (exact) mass is 428 g/mol. The molecule has 4 N–H and O–H groups in total. The number of phenolic OH excluding ortho intramolecular Hbond substituents is 1. The maximum atomic E-state index is 12.9. The number of carbonyl (C=O) groups is 1. The summed E-state index contributed by atoms with van der Waals surface area (Å²) >= 11 is 0. The third kappa shape index (κ3) is 4.17. The van der Waals surface area contributed by atoms with E-state index in [-0.39, 0.29) is 18.1 Å². The second kappa shape index (κ2) is 8.61. The summed E-state index contributed by atoms with van der Waals surface area (Å²) in [6.45, 7) is 0. The Bertz CT molecular complexity index is 1150. The number of anilines is 2. The molecule has 32 heavy (non-hydrogen) atoms. The first-order chi connectivity index (χ1) is 15.6. The Morgan fingerprint density at radius 1 is 1.03 bits per heavy atom. The molecule has 5 rings (SSSR count). The molecule has 1 fully saturated rings. The maximum Gasteiger partial charge on any atom is 0.229 e. The van der Waals surface area contributed by atoms with Crippen LogP contribution in [0.2, 0.25) is 0 Å². The van der Waals surface area contributed by atoms with Gasteiger partial charge in [0.05, 0.1) is 23.5 Å². The van der Waals surface area contributed by atoms with Crippen LogP contribution in [-0.4, -0.2) is 21.0 Å². The summed E-state index contributed by atoms with van der Waals surface area (Å²) in [4.78, 5) is 22.9. The van der Waals surface area contributed by atoms with Crippen LogP contribution < -0.4 is 11.1 Å². The van der Waals surface area contributed by atoms with E-state index >= 15 is 0 Å². The average molecular weight is 429 g/mol. The van der Waals surface area contributed by atoms with Crippen LogP contribution in [-0.2, 0) is 24.1 Å². The van der Waals surface area contributed by atoms with E-state index in [0.29, 0.717) is 11.7 Å². The zero-order chi connectivity index (χ0) is 22.1. The molecule has 6 heteroatoms. The standard InChI is InChI=1S/C26H28N4O2/c27-19-9-12-21-18(15-19)8-13-22-25(21)30-24(17-4-2-1-3-5-17)26(28-22)29-23(32)14-16-6-10-20(31)11-7-16/h6-7,9-12,15,17,31H,1-5,8,13-14,27H2,(H,28,29,32). The van der Waals surface area contributed by atoms with Crippen LogP contribution in [0.4, 0.5) is 11.5 Å². The molecule has 1 saturated carbocycles. The van der Waals surface area contributed by atoms with Gasteiger partial charge in [-0.25, -0.2) is 9.97 Å². The number of nitrogens with zero attached hydrogens (tertiary/aromatic N) is 2. The van der Waals surface area contributed by atoms with E-state index in [2.05, 4.69) is 5.32 Å². The minimum absolute atomic E-state index is 0.119. The molecule has 0 atom stereocenters. The summed E-state index contributed by atoms with van der Waals surface area (Å²) in [5.41, 5.74) is 12.7. The number of nitrogens with two attached hydrogens (primary N) is 1. The Morgan fingerprint density at radius 3 is 2.59 bits per heavy atom. The molecule has 164 valence electrons. The fraction of sp³-hybridized carbons (Fsp3) is 0.346. The second-order valence-corrected chi connectivity index (χ2v) is 8.90. The van der Waals surface area contributed by atoms with Crippen LogP contribution in [0.5, 0.6) is 5.75 Å². The molecule has 0 unspecified atom stereocenters. The summed E-state index contributed by atoms with van der Waals surface area (Å²) in [6.07, 6.45) is 7.63. The van der Waals surface area contributed by atoms with Crippen molar-refractivity contribution in [2.45, 2.75) is 57.3 Å². The van der Waals surface area contributed by atoms with Crippen LogP contribution in [0.25, 0.3) is 11.3 Å². The van der Waals surface area contributed by atoms with Crippen LogP contribution in [0.15, 0.2) is 42.5 Å². The molecule has 2 aliphatic carbocycles. The number of fused-ring (bicyclic) bond motifs is 3. The van der Waals surface area contributed by atoms with Gasteiger partial charge < -0.3 is 16.2 Å². The van der Waals surface area contributed by atoms with Gasteiger partial charge in [0.25, 0.3) is 0 Å². The summed E-state index contributed by atoms with van der Waals surface area (Å²) in [6, 6.07) is 12.7. The van der Waals surface area contributed by atoms with Gasteiger partial charge in [-0.3, -0.25) is 4.79 Å². The predicted octanol–water partition coefficient (Wildman–Crippen LogP) is 4.76. The third-order valence-electron chi connectivity index (χ3n) is 6.56. The number of hydrogen-bond donors (Lipinski definition) is 3. The minimum atomic E-state index is -0.119. The van der Waals surface area contributed by atoms with Gasteiger partial charge in [0.2, 0.25) is 5.91 Å². The van der Waals surface area contributed by atoms with Crippen molar-refractivity contribution >= 4 is 17.4 Å². The normalized spacial score (nSPS) is 15.6. The molecule has 0 aliphatic heterocycles. The number of hydrogen-bond acceptors (Lipinski definition) is 5. The Kier molecular flexibility index (Phi) is 5.52. The molecule has 1 amide bonds. The Labute approximate surface area is 187 Å². The average Bonchev–Trinajstić information content (AvgIpc) is 2.80. The molecule has 1 heterocycles. The molecule has 1 aromatic heterocycles. The van der Waals surface area contributed by atoms with Gasteiger partial charge in [-0.15, -0.1) is 0 Å². The Balaban J connectivity index is 1.49. The highest BCUT2D eigenvalue weighted by atomic mass is 16.3. The Morgan fingerprint density at radius 2 is 1.81 bits per heavy atom. The highest BCUT2D eigenvalue weighted by molar-refractivity contribution is 5.92. The van der Waals surface area contributed by atoms with E-state index in [0.717, 1.165) is 59.6 Å². The van der Waals surface area contributed by atoms with Gasteiger partial charge in [0.15, 0.2) is 5.82 Å². The maximum absolute atomic E-state index is 12.9. The van der Waals surface area contributed by atoms with E-state index in [1.54, 1.807) is 24.3 Å². The number of amides is 1. The first kappa shape index (κ1) is 20.5. The van der Waals surface area contributed by atoms with Gasteiger partial charge in [0.1, 0.15) is 5.75 Å². The number of nitrogens with one attached hydrogen (secondary N) is 1. The molecule has 0 spiro atoms. The SMILES string of the molecule is Nc1ccc2c(c1)CCc1nc(NC(=O)Cc3ccc(O)cc3)c(C3CCCCC3)nc1-2. The quantitative estimate of drug-likeness (QED) is 0.520. The zero-order valence-corrected chi connectivity index (χ0v) is 18.1. The van der Waals surface area contributed by atoms with Crippen molar-refractivity contribution in [2.75, 3.05) is 11.1 Å². The van der Waals surface area contributed by atoms with Crippen molar-refractivity contribution in [3.63, 3.8) is 0 Å². The lowest BCUT2D eigenvalue weighted by atomic mass is 9.85. The van der Waals surface area contributed by atoms with Crippen LogP contribution in [0.1, 0.15) is 60.5 Å². The van der Waals surface area contributed by atoms with Crippen molar-refractivity contribution in [3.8, 4) is 17.0 Å². The number of benzene rings is 2. The molecule has 0 bridgehead atoms. The van der Waals surface area contributed by atoms with E-state index in [9.17, 15) is 9.90 Å². The van der Waals surface area contributed by atoms with E-state index < -0.39 is 0 Å². The smallest absolute Gasteiger partial charge is 0.229 e. The summed E-state index contributed by atoms with van der Waals surface area (Å²) in [7, 11) is 0. The fourth-order valence-corrected chi connectivity index (χ4v) is 4.91. The summed E-state index contributed by atoms with van der Waals surface area (Å²) in [5, 5.41) is 12.5. The number of carbonyl (C=O) groups excluding carboxylic acids is 1. The molecular formula is C26H28N4O2. The molecule has 2 aromatic carbocycles. The van der Waals surface area contributed by atoms with Gasteiger partial charge in [0, 0.05) is 17.2 Å². The van der Waals surface area contributed by atoms with Crippen molar-refractivity contribution in [2.24, 2.45) is 0 Å². The summed E-state index contributed by atoms with van der Waals surface area (Å²) in [5.74, 6) is 0.991. The summed E-state index contributed by atoms with van der Waals surface area (Å²) < 4.78 is 0. The predicted molar refractivity (Wildman–Crippen MR) is 126 cm³/mol. The fourth-order valence-electron chi connectivity index (χ4n) is 4.91. The van der Waals surface area contributed by atoms with Crippen molar-refractivity contribution < 1.29 is 9.90 Å². The number of phenols is 1. The largest absolute Gasteiger partial charge is 0.508 e. The third-order valence-corrected chi connectivity index (χ3v) is 6.56.